The van der Waals surface area contributed by atoms with E-state index < -0.39 is 0 Å². The summed E-state index contributed by atoms with van der Waals surface area (Å²) in [7, 11) is 0. The second-order valence-electron chi connectivity index (χ2n) is 5.10. The van der Waals surface area contributed by atoms with Gasteiger partial charge in [-0.05, 0) is 58.7 Å². The molecule has 18 heavy (non-hydrogen) atoms. The van der Waals surface area contributed by atoms with E-state index in [0.717, 1.165) is 36.9 Å². The third kappa shape index (κ3) is 5.54. The number of rotatable bonds is 7. The first kappa shape index (κ1) is 15.0. The van der Waals surface area contributed by atoms with Gasteiger partial charge >= 0.3 is 0 Å². The number of allylic oxidation sites excluding steroid dienone is 4. The van der Waals surface area contributed by atoms with Crippen molar-refractivity contribution in [1.29, 1.82) is 0 Å². The molecule has 1 heterocycles. The van der Waals surface area contributed by atoms with Crippen LogP contribution < -0.4 is 0 Å². The molecule has 2 heteroatoms. The first-order chi connectivity index (χ1) is 8.63. The summed E-state index contributed by atoms with van der Waals surface area (Å²) in [5.41, 5.74) is 1.05. The van der Waals surface area contributed by atoms with E-state index in [1.807, 2.05) is 32.1 Å². The zero-order valence-corrected chi connectivity index (χ0v) is 12.1. The lowest BCUT2D eigenvalue weighted by Crippen LogP contribution is -2.28. The molecular formula is C16H27NO. The molecule has 1 aliphatic heterocycles. The fourth-order valence-corrected chi connectivity index (χ4v) is 2.23. The van der Waals surface area contributed by atoms with Crippen molar-refractivity contribution in [2.45, 2.75) is 46.1 Å². The minimum absolute atomic E-state index is 0.759. The van der Waals surface area contributed by atoms with E-state index in [-0.39, 0.29) is 0 Å². The fourth-order valence-electron chi connectivity index (χ4n) is 2.23. The average Bonchev–Trinajstić information content (AvgIpc) is 2.74. The van der Waals surface area contributed by atoms with Gasteiger partial charge < -0.3 is 9.64 Å². The third-order valence-electron chi connectivity index (χ3n) is 3.37. The highest BCUT2D eigenvalue weighted by Gasteiger charge is 2.18. The first-order valence-electron chi connectivity index (χ1n) is 7.00. The SMILES string of the molecule is C=C(C)/C=C\C(=C/C)OCCCN1CCCC1C. The van der Waals surface area contributed by atoms with Crippen molar-refractivity contribution in [2.24, 2.45) is 0 Å². The summed E-state index contributed by atoms with van der Waals surface area (Å²) < 4.78 is 5.74. The van der Waals surface area contributed by atoms with E-state index in [0.29, 0.717) is 0 Å². The summed E-state index contributed by atoms with van der Waals surface area (Å²) in [6, 6.07) is 0.759. The van der Waals surface area contributed by atoms with Crippen LogP contribution in [0.2, 0.25) is 0 Å². The molecule has 0 aromatic carbocycles. The topological polar surface area (TPSA) is 12.5 Å². The lowest BCUT2D eigenvalue weighted by Gasteiger charge is -2.20. The summed E-state index contributed by atoms with van der Waals surface area (Å²) in [6.45, 7) is 13.4. The molecule has 1 aliphatic rings. The van der Waals surface area contributed by atoms with Gasteiger partial charge in [0.25, 0.3) is 0 Å². The van der Waals surface area contributed by atoms with Crippen LogP contribution in [0, 0.1) is 0 Å². The van der Waals surface area contributed by atoms with Gasteiger partial charge in [0.2, 0.25) is 0 Å². The van der Waals surface area contributed by atoms with E-state index in [9.17, 15) is 0 Å². The van der Waals surface area contributed by atoms with Crippen molar-refractivity contribution in [3.63, 3.8) is 0 Å². The molecule has 0 amide bonds. The highest BCUT2D eigenvalue weighted by Crippen LogP contribution is 2.16. The molecule has 0 saturated carbocycles. The number of ether oxygens (including phenoxy) is 1. The number of likely N-dealkylation sites (tertiary alicyclic amines) is 1. The van der Waals surface area contributed by atoms with Crippen molar-refractivity contribution in [3.05, 3.63) is 36.1 Å². The fraction of sp³-hybridized carbons (Fsp3) is 0.625. The van der Waals surface area contributed by atoms with Gasteiger partial charge in [-0.15, -0.1) is 0 Å². The molecule has 1 fully saturated rings. The minimum Gasteiger partial charge on any atom is -0.494 e. The Morgan fingerprint density at radius 2 is 2.22 bits per heavy atom. The van der Waals surface area contributed by atoms with E-state index in [4.69, 9.17) is 4.74 Å². The molecular weight excluding hydrogens is 222 g/mol. The summed E-state index contributed by atoms with van der Waals surface area (Å²) in [6.07, 6.45) is 9.77. The van der Waals surface area contributed by atoms with E-state index in [2.05, 4.69) is 18.4 Å². The van der Waals surface area contributed by atoms with Crippen molar-refractivity contribution >= 4 is 0 Å². The van der Waals surface area contributed by atoms with Crippen LogP contribution in [0.3, 0.4) is 0 Å². The van der Waals surface area contributed by atoms with Crippen LogP contribution in [0.1, 0.15) is 40.0 Å². The monoisotopic (exact) mass is 249 g/mol. The number of hydrogen-bond acceptors (Lipinski definition) is 2. The molecule has 1 unspecified atom stereocenters. The highest BCUT2D eigenvalue weighted by molar-refractivity contribution is 5.20. The van der Waals surface area contributed by atoms with E-state index in [1.54, 1.807) is 0 Å². The van der Waals surface area contributed by atoms with Crippen molar-refractivity contribution in [2.75, 3.05) is 19.7 Å². The van der Waals surface area contributed by atoms with Crippen LogP contribution in [-0.4, -0.2) is 30.6 Å². The Hall–Kier alpha value is -1.02. The summed E-state index contributed by atoms with van der Waals surface area (Å²) in [4.78, 5) is 2.56. The summed E-state index contributed by atoms with van der Waals surface area (Å²) in [5, 5.41) is 0. The van der Waals surface area contributed by atoms with Crippen molar-refractivity contribution < 1.29 is 4.74 Å². The predicted molar refractivity (Wildman–Crippen MR) is 78.5 cm³/mol. The van der Waals surface area contributed by atoms with Crippen LogP contribution in [-0.2, 0) is 4.74 Å². The lowest BCUT2D eigenvalue weighted by molar-refractivity contribution is 0.187. The van der Waals surface area contributed by atoms with Gasteiger partial charge in [-0.2, -0.15) is 0 Å². The van der Waals surface area contributed by atoms with Gasteiger partial charge in [0, 0.05) is 12.6 Å². The standard InChI is InChI=1S/C16H27NO/c1-5-16(10-9-14(2)3)18-13-7-12-17-11-6-8-15(17)4/h5,9-10,15H,2,6-8,11-13H2,1,3-4H3/b10-9-,16-5+. The zero-order valence-electron chi connectivity index (χ0n) is 12.1. The average molecular weight is 249 g/mol. The Bertz CT molecular complexity index is 317. The van der Waals surface area contributed by atoms with Crippen molar-refractivity contribution in [3.8, 4) is 0 Å². The first-order valence-corrected chi connectivity index (χ1v) is 7.00. The third-order valence-corrected chi connectivity index (χ3v) is 3.37. The van der Waals surface area contributed by atoms with E-state index in [1.165, 1.54) is 19.4 Å². The molecule has 0 bridgehead atoms. The van der Waals surface area contributed by atoms with E-state index >= 15 is 0 Å². The molecule has 1 atom stereocenters. The lowest BCUT2D eigenvalue weighted by atomic mass is 10.2. The summed E-state index contributed by atoms with van der Waals surface area (Å²) >= 11 is 0. The molecule has 0 aliphatic carbocycles. The maximum Gasteiger partial charge on any atom is 0.115 e. The molecule has 2 nitrogen and oxygen atoms in total. The Kier molecular flexibility index (Phi) is 6.81. The largest absolute Gasteiger partial charge is 0.494 e. The second kappa shape index (κ2) is 8.15. The summed E-state index contributed by atoms with van der Waals surface area (Å²) in [5.74, 6) is 0.937. The Morgan fingerprint density at radius 3 is 2.78 bits per heavy atom. The Balaban J connectivity index is 2.18. The number of nitrogens with zero attached hydrogens (tertiary/aromatic N) is 1. The van der Waals surface area contributed by atoms with Crippen LogP contribution in [0.4, 0.5) is 0 Å². The normalized spacial score (nSPS) is 21.7. The predicted octanol–water partition coefficient (Wildman–Crippen LogP) is 3.91. The van der Waals surface area contributed by atoms with Crippen LogP contribution in [0.25, 0.3) is 0 Å². The van der Waals surface area contributed by atoms with Gasteiger partial charge in [-0.1, -0.05) is 18.2 Å². The molecule has 102 valence electrons. The Morgan fingerprint density at radius 1 is 1.44 bits per heavy atom. The quantitative estimate of drug-likeness (QED) is 0.385. The van der Waals surface area contributed by atoms with Crippen LogP contribution >= 0.6 is 0 Å². The maximum absolute atomic E-state index is 5.74. The maximum atomic E-state index is 5.74. The molecule has 1 saturated heterocycles. The van der Waals surface area contributed by atoms with Gasteiger partial charge in [0.1, 0.15) is 5.76 Å². The number of hydrogen-bond donors (Lipinski definition) is 0. The van der Waals surface area contributed by atoms with Crippen molar-refractivity contribution in [1.82, 2.24) is 4.90 Å². The minimum atomic E-state index is 0.759. The second-order valence-corrected chi connectivity index (χ2v) is 5.10. The molecule has 0 radical (unpaired) electrons. The van der Waals surface area contributed by atoms with Gasteiger partial charge in [0.05, 0.1) is 6.61 Å². The highest BCUT2D eigenvalue weighted by atomic mass is 16.5. The molecule has 0 N–H and O–H groups in total. The smallest absolute Gasteiger partial charge is 0.115 e. The Labute approximate surface area is 112 Å². The van der Waals surface area contributed by atoms with Crippen LogP contribution in [0.15, 0.2) is 36.1 Å². The molecule has 0 spiro atoms. The molecule has 0 aromatic rings. The van der Waals surface area contributed by atoms with Gasteiger partial charge in [-0.25, -0.2) is 0 Å². The van der Waals surface area contributed by atoms with Crippen LogP contribution in [0.5, 0.6) is 0 Å². The zero-order chi connectivity index (χ0) is 13.4. The van der Waals surface area contributed by atoms with Gasteiger partial charge in [0.15, 0.2) is 0 Å². The molecule has 0 aromatic heterocycles. The molecule has 1 rings (SSSR count). The van der Waals surface area contributed by atoms with Gasteiger partial charge in [-0.3, -0.25) is 0 Å².